The largest absolute Gasteiger partial charge is 0.382 e. The van der Waals surface area contributed by atoms with Gasteiger partial charge in [-0.15, -0.1) is 0 Å². The third-order valence-corrected chi connectivity index (χ3v) is 2.45. The van der Waals surface area contributed by atoms with Crippen molar-refractivity contribution < 1.29 is 9.53 Å². The summed E-state index contributed by atoms with van der Waals surface area (Å²) in [7, 11) is 1.82. The van der Waals surface area contributed by atoms with Crippen LogP contribution in [0.25, 0.3) is 0 Å². The normalized spacial score (nSPS) is 10.2. The molecule has 1 amide bonds. The summed E-state index contributed by atoms with van der Waals surface area (Å²) in [4.78, 5) is 17.5. The quantitative estimate of drug-likeness (QED) is 0.679. The number of pyridine rings is 1. The highest BCUT2D eigenvalue weighted by molar-refractivity contribution is 5.75. The highest BCUT2D eigenvalue weighted by atomic mass is 16.5. The van der Waals surface area contributed by atoms with Gasteiger partial charge in [-0.25, -0.2) is 0 Å². The van der Waals surface area contributed by atoms with E-state index < -0.39 is 0 Å². The van der Waals surface area contributed by atoms with Gasteiger partial charge in [0.15, 0.2) is 0 Å². The number of carbonyl (C=O) groups is 1. The van der Waals surface area contributed by atoms with Gasteiger partial charge in [0.1, 0.15) is 0 Å². The second-order valence-electron chi connectivity index (χ2n) is 3.91. The van der Waals surface area contributed by atoms with E-state index in [1.807, 2.05) is 26.1 Å². The van der Waals surface area contributed by atoms with Crippen LogP contribution in [0.4, 0.5) is 0 Å². The van der Waals surface area contributed by atoms with E-state index in [1.165, 1.54) is 0 Å². The second kappa shape index (κ2) is 7.79. The number of amides is 1. The molecule has 0 bridgehead atoms. The molecule has 0 spiro atoms. The van der Waals surface area contributed by atoms with Gasteiger partial charge in [0.25, 0.3) is 0 Å². The number of nitrogens with zero attached hydrogens (tertiary/aromatic N) is 2. The van der Waals surface area contributed by atoms with Crippen LogP contribution in [0.5, 0.6) is 0 Å². The van der Waals surface area contributed by atoms with Crippen LogP contribution in [0.15, 0.2) is 24.5 Å². The fourth-order valence-corrected chi connectivity index (χ4v) is 1.51. The first kappa shape index (κ1) is 13.6. The summed E-state index contributed by atoms with van der Waals surface area (Å²) < 4.78 is 5.20. The smallest absolute Gasteiger partial charge is 0.222 e. The molecule has 4 nitrogen and oxygen atoms in total. The second-order valence-corrected chi connectivity index (χ2v) is 3.91. The fourth-order valence-electron chi connectivity index (χ4n) is 1.51. The van der Waals surface area contributed by atoms with E-state index in [2.05, 4.69) is 4.98 Å². The van der Waals surface area contributed by atoms with E-state index in [-0.39, 0.29) is 5.91 Å². The van der Waals surface area contributed by atoms with E-state index >= 15 is 0 Å². The minimum Gasteiger partial charge on any atom is -0.382 e. The Morgan fingerprint density at radius 3 is 3.00 bits per heavy atom. The van der Waals surface area contributed by atoms with Crippen molar-refractivity contribution in [2.45, 2.75) is 26.3 Å². The molecule has 0 saturated carbocycles. The fraction of sp³-hybridized carbons (Fsp3) is 0.538. The number of hydrogen-bond donors (Lipinski definition) is 0. The molecule has 94 valence electrons. The van der Waals surface area contributed by atoms with Gasteiger partial charge >= 0.3 is 0 Å². The lowest BCUT2D eigenvalue weighted by Gasteiger charge is -2.16. The number of ether oxygens (including phenoxy) is 1. The molecule has 0 N–H and O–H groups in total. The molecule has 17 heavy (non-hydrogen) atoms. The molecule has 0 fully saturated rings. The number of carbonyl (C=O) groups excluding carboxylic acids is 1. The lowest BCUT2D eigenvalue weighted by Crippen LogP contribution is -2.26. The van der Waals surface area contributed by atoms with Crippen LogP contribution in [-0.2, 0) is 16.1 Å². The monoisotopic (exact) mass is 236 g/mol. The van der Waals surface area contributed by atoms with Crippen molar-refractivity contribution in [1.82, 2.24) is 9.88 Å². The van der Waals surface area contributed by atoms with Crippen LogP contribution >= 0.6 is 0 Å². The molecule has 0 aliphatic heterocycles. The highest BCUT2D eigenvalue weighted by Gasteiger charge is 2.08. The van der Waals surface area contributed by atoms with Crippen molar-refractivity contribution in [3.63, 3.8) is 0 Å². The van der Waals surface area contributed by atoms with Crippen LogP contribution in [0.2, 0.25) is 0 Å². The predicted molar refractivity (Wildman–Crippen MR) is 66.4 cm³/mol. The van der Waals surface area contributed by atoms with E-state index in [9.17, 15) is 4.79 Å². The third kappa shape index (κ3) is 5.45. The Morgan fingerprint density at radius 2 is 2.35 bits per heavy atom. The Hall–Kier alpha value is -1.42. The lowest BCUT2D eigenvalue weighted by molar-refractivity contribution is -0.130. The topological polar surface area (TPSA) is 42.4 Å². The van der Waals surface area contributed by atoms with E-state index in [0.29, 0.717) is 26.2 Å². The summed E-state index contributed by atoms with van der Waals surface area (Å²) in [5.74, 6) is 0.147. The minimum atomic E-state index is 0.147. The molecular formula is C13H20N2O2. The Morgan fingerprint density at radius 1 is 1.53 bits per heavy atom. The van der Waals surface area contributed by atoms with E-state index in [4.69, 9.17) is 4.74 Å². The molecule has 1 aromatic rings. The van der Waals surface area contributed by atoms with Crippen molar-refractivity contribution in [3.05, 3.63) is 30.1 Å². The molecule has 0 radical (unpaired) electrons. The standard InChI is InChI=1S/C13H20N2O2/c1-3-17-9-5-7-13(16)15(2)11-12-6-4-8-14-10-12/h4,6,8,10H,3,5,7,9,11H2,1-2H3. The van der Waals surface area contributed by atoms with Gasteiger partial charge < -0.3 is 9.64 Å². The predicted octanol–water partition coefficient (Wildman–Crippen LogP) is 1.86. The summed E-state index contributed by atoms with van der Waals surface area (Å²) in [6.45, 7) is 3.93. The maximum atomic E-state index is 11.8. The van der Waals surface area contributed by atoms with Crippen molar-refractivity contribution >= 4 is 5.91 Å². The number of rotatable bonds is 7. The highest BCUT2D eigenvalue weighted by Crippen LogP contribution is 2.03. The zero-order valence-corrected chi connectivity index (χ0v) is 10.6. The van der Waals surface area contributed by atoms with Gasteiger partial charge in [0, 0.05) is 45.6 Å². The van der Waals surface area contributed by atoms with Gasteiger partial charge in [-0.3, -0.25) is 9.78 Å². The number of hydrogen-bond acceptors (Lipinski definition) is 3. The van der Waals surface area contributed by atoms with Crippen LogP contribution in [0, 0.1) is 0 Å². The summed E-state index contributed by atoms with van der Waals surface area (Å²) >= 11 is 0. The molecule has 0 atom stereocenters. The maximum absolute atomic E-state index is 11.8. The molecule has 4 heteroatoms. The van der Waals surface area contributed by atoms with Gasteiger partial charge in [-0.1, -0.05) is 6.07 Å². The molecule has 0 aliphatic rings. The molecule has 1 aromatic heterocycles. The van der Waals surface area contributed by atoms with Crippen molar-refractivity contribution in [2.75, 3.05) is 20.3 Å². The Labute approximate surface area is 103 Å². The first-order valence-corrected chi connectivity index (χ1v) is 5.94. The van der Waals surface area contributed by atoms with E-state index in [1.54, 1.807) is 17.3 Å². The molecule has 1 rings (SSSR count). The van der Waals surface area contributed by atoms with Crippen LogP contribution in [-0.4, -0.2) is 36.1 Å². The lowest BCUT2D eigenvalue weighted by atomic mass is 10.2. The summed E-state index contributed by atoms with van der Waals surface area (Å²) in [6, 6.07) is 3.85. The van der Waals surface area contributed by atoms with Gasteiger partial charge in [0.2, 0.25) is 5.91 Å². The summed E-state index contributed by atoms with van der Waals surface area (Å²) in [5.41, 5.74) is 1.05. The van der Waals surface area contributed by atoms with Gasteiger partial charge in [-0.2, -0.15) is 0 Å². The molecule has 0 aliphatic carbocycles. The minimum absolute atomic E-state index is 0.147. The van der Waals surface area contributed by atoms with Crippen LogP contribution in [0.1, 0.15) is 25.3 Å². The molecule has 0 saturated heterocycles. The van der Waals surface area contributed by atoms with Crippen LogP contribution < -0.4 is 0 Å². The number of aromatic nitrogens is 1. The summed E-state index contributed by atoms with van der Waals surface area (Å²) in [5, 5.41) is 0. The maximum Gasteiger partial charge on any atom is 0.222 e. The average Bonchev–Trinajstić information content (AvgIpc) is 2.35. The Balaban J connectivity index is 2.27. The zero-order chi connectivity index (χ0) is 12.5. The molecule has 0 unspecified atom stereocenters. The van der Waals surface area contributed by atoms with E-state index in [0.717, 1.165) is 12.0 Å². The van der Waals surface area contributed by atoms with Crippen molar-refractivity contribution in [2.24, 2.45) is 0 Å². The molecule has 0 aromatic carbocycles. The molecule has 1 heterocycles. The Bertz CT molecular complexity index is 327. The first-order chi connectivity index (χ1) is 8.24. The van der Waals surface area contributed by atoms with Crippen molar-refractivity contribution in [3.8, 4) is 0 Å². The SMILES string of the molecule is CCOCCCC(=O)N(C)Cc1cccnc1. The third-order valence-electron chi connectivity index (χ3n) is 2.45. The van der Waals surface area contributed by atoms with Gasteiger partial charge in [0.05, 0.1) is 0 Å². The van der Waals surface area contributed by atoms with Crippen molar-refractivity contribution in [1.29, 1.82) is 0 Å². The van der Waals surface area contributed by atoms with Crippen LogP contribution in [0.3, 0.4) is 0 Å². The molecular weight excluding hydrogens is 216 g/mol. The first-order valence-electron chi connectivity index (χ1n) is 5.94. The average molecular weight is 236 g/mol. The summed E-state index contributed by atoms with van der Waals surface area (Å²) in [6.07, 6.45) is 4.83. The zero-order valence-electron chi connectivity index (χ0n) is 10.6. The Kier molecular flexibility index (Phi) is 6.25. The van der Waals surface area contributed by atoms with Gasteiger partial charge in [-0.05, 0) is 25.0 Å².